The molecule has 226 valence electrons. The molecule has 1 heterocycles. The summed E-state index contributed by atoms with van der Waals surface area (Å²) in [5.41, 5.74) is 0.0152. The number of rotatable bonds is 10. The molecule has 0 bridgehead atoms. The molecule has 0 aromatic heterocycles. The highest BCUT2D eigenvalue weighted by Gasteiger charge is 2.65. The second-order valence-corrected chi connectivity index (χ2v) is 15.1. The van der Waals surface area contributed by atoms with Crippen molar-refractivity contribution in [2.45, 2.75) is 95.3 Å². The number of nitrogens with zero attached hydrogens (tertiary/aromatic N) is 1. The molecule has 10 nitrogen and oxygen atoms in total. The third kappa shape index (κ3) is 6.81. The van der Waals surface area contributed by atoms with Gasteiger partial charge in [0.25, 0.3) is 0 Å². The van der Waals surface area contributed by atoms with E-state index < -0.39 is 42.1 Å². The van der Waals surface area contributed by atoms with E-state index in [1.165, 1.54) is 4.90 Å². The van der Waals surface area contributed by atoms with Crippen LogP contribution in [0.3, 0.4) is 0 Å². The first-order chi connectivity index (χ1) is 19.3. The number of benzene rings is 1. The number of alkyl carbamates (subject to hydrolysis) is 1. The minimum atomic E-state index is -3.94. The van der Waals surface area contributed by atoms with E-state index in [4.69, 9.17) is 9.47 Å². The molecule has 1 aromatic carbocycles. The molecule has 41 heavy (non-hydrogen) atoms. The Hall–Kier alpha value is -2.84. The van der Waals surface area contributed by atoms with Crippen LogP contribution >= 0.6 is 7.37 Å². The molecular weight excluding hydrogens is 545 g/mol. The Morgan fingerprint density at radius 1 is 1.17 bits per heavy atom. The van der Waals surface area contributed by atoms with E-state index in [1.54, 1.807) is 37.5 Å². The first-order valence-corrected chi connectivity index (χ1v) is 16.3. The van der Waals surface area contributed by atoms with Gasteiger partial charge in [-0.3, -0.25) is 14.2 Å². The molecule has 11 heteroatoms. The molecule has 4 rings (SSSR count). The molecule has 0 radical (unpaired) electrons. The van der Waals surface area contributed by atoms with Gasteiger partial charge in [-0.1, -0.05) is 39.0 Å². The largest absolute Gasteiger partial charge is 0.497 e. The number of hydrogen-bond donors (Lipinski definition) is 3. The standard InChI is InChI=1S/C30H44N3O7P/c1-6-21-18-30(21,41(37,38)19-20-13-15-22(39-5)16-14-20)32-26(34)24-12-9-17-33(24)27(35)25(29(2,3)4)31-28(36)40-23-10-7-8-11-23/h6,13-16,21,23-25H,1,7-12,17-19H2,2-5H3,(H,31,36)(H,32,34)(H,37,38)/t21-,24+,25-,30+/m1/s1. The molecule has 1 aliphatic heterocycles. The van der Waals surface area contributed by atoms with Gasteiger partial charge in [-0.15, -0.1) is 6.58 Å². The molecule has 1 unspecified atom stereocenters. The van der Waals surface area contributed by atoms with Gasteiger partial charge in [0, 0.05) is 12.5 Å². The lowest BCUT2D eigenvalue weighted by Crippen LogP contribution is -2.58. The summed E-state index contributed by atoms with van der Waals surface area (Å²) in [7, 11) is -2.39. The lowest BCUT2D eigenvalue weighted by Gasteiger charge is -2.36. The summed E-state index contributed by atoms with van der Waals surface area (Å²) in [6.07, 6.45) is 5.69. The predicted molar refractivity (Wildman–Crippen MR) is 156 cm³/mol. The van der Waals surface area contributed by atoms with E-state index >= 15 is 0 Å². The van der Waals surface area contributed by atoms with Crippen LogP contribution in [0.5, 0.6) is 5.75 Å². The molecular formula is C30H44N3O7P. The summed E-state index contributed by atoms with van der Waals surface area (Å²) >= 11 is 0. The van der Waals surface area contributed by atoms with Gasteiger partial charge in [-0.25, -0.2) is 4.79 Å². The third-order valence-electron chi connectivity index (χ3n) is 8.58. The second kappa shape index (κ2) is 12.2. The third-order valence-corrected chi connectivity index (χ3v) is 11.2. The Morgan fingerprint density at radius 2 is 1.83 bits per heavy atom. The quantitative estimate of drug-likeness (QED) is 0.269. The van der Waals surface area contributed by atoms with E-state index in [-0.39, 0.29) is 24.1 Å². The van der Waals surface area contributed by atoms with Crippen molar-refractivity contribution in [3.63, 3.8) is 0 Å². The van der Waals surface area contributed by atoms with E-state index in [2.05, 4.69) is 17.2 Å². The van der Waals surface area contributed by atoms with Gasteiger partial charge in [-0.2, -0.15) is 0 Å². The van der Waals surface area contributed by atoms with E-state index in [0.29, 0.717) is 37.1 Å². The van der Waals surface area contributed by atoms with Crippen LogP contribution in [0.4, 0.5) is 4.79 Å². The molecule has 0 spiro atoms. The molecule has 1 aromatic rings. The lowest BCUT2D eigenvalue weighted by atomic mass is 9.85. The van der Waals surface area contributed by atoms with Crippen LogP contribution in [0.15, 0.2) is 36.9 Å². The minimum absolute atomic E-state index is 0.117. The van der Waals surface area contributed by atoms with Gasteiger partial charge >= 0.3 is 6.09 Å². The fraction of sp³-hybridized carbons (Fsp3) is 0.633. The van der Waals surface area contributed by atoms with Gasteiger partial charge in [0.1, 0.15) is 29.2 Å². The van der Waals surface area contributed by atoms with Crippen molar-refractivity contribution in [1.29, 1.82) is 0 Å². The molecule has 2 saturated carbocycles. The molecule has 3 aliphatic rings. The summed E-state index contributed by atoms with van der Waals surface area (Å²) < 4.78 is 24.5. The first kappa shape index (κ1) is 31.1. The maximum Gasteiger partial charge on any atom is 0.408 e. The first-order valence-electron chi connectivity index (χ1n) is 14.5. The molecule has 5 atom stereocenters. The monoisotopic (exact) mass is 589 g/mol. The second-order valence-electron chi connectivity index (χ2n) is 12.6. The number of ether oxygens (including phenoxy) is 2. The number of carbonyl (C=O) groups is 3. The fourth-order valence-corrected chi connectivity index (χ4v) is 8.41. The summed E-state index contributed by atoms with van der Waals surface area (Å²) in [4.78, 5) is 53.0. The number of likely N-dealkylation sites (tertiary alicyclic amines) is 1. The summed E-state index contributed by atoms with van der Waals surface area (Å²) in [5.74, 6) is -0.555. The normalized spacial score (nSPS) is 26.5. The Bertz CT molecular complexity index is 1190. The van der Waals surface area contributed by atoms with Crippen LogP contribution in [-0.2, 0) is 25.1 Å². The van der Waals surface area contributed by atoms with Crippen LogP contribution < -0.4 is 15.4 Å². The van der Waals surface area contributed by atoms with Crippen molar-refractivity contribution in [2.24, 2.45) is 11.3 Å². The Morgan fingerprint density at radius 3 is 2.39 bits per heavy atom. The number of carbonyl (C=O) groups excluding carboxylic acids is 3. The average Bonchev–Trinajstić information content (AvgIpc) is 3.24. The van der Waals surface area contributed by atoms with Crippen LogP contribution in [0.25, 0.3) is 0 Å². The highest BCUT2D eigenvalue weighted by molar-refractivity contribution is 7.59. The zero-order valence-corrected chi connectivity index (χ0v) is 25.5. The molecule has 3 N–H and O–H groups in total. The van der Waals surface area contributed by atoms with Crippen molar-refractivity contribution in [3.05, 3.63) is 42.5 Å². The maximum absolute atomic E-state index is 13.8. The van der Waals surface area contributed by atoms with Crippen molar-refractivity contribution < 1.29 is 33.3 Å². The molecule has 2 aliphatic carbocycles. The number of methoxy groups -OCH3 is 1. The number of nitrogens with one attached hydrogen (secondary N) is 2. The van der Waals surface area contributed by atoms with Crippen LogP contribution in [-0.4, -0.2) is 64.8 Å². The molecule has 3 amide bonds. The Labute approximate surface area is 242 Å². The Balaban J connectivity index is 1.47. The van der Waals surface area contributed by atoms with Crippen molar-refractivity contribution in [1.82, 2.24) is 15.5 Å². The van der Waals surface area contributed by atoms with Crippen LogP contribution in [0, 0.1) is 11.3 Å². The van der Waals surface area contributed by atoms with Crippen LogP contribution in [0.2, 0.25) is 0 Å². The van der Waals surface area contributed by atoms with E-state index in [9.17, 15) is 23.8 Å². The number of amides is 3. The Kier molecular flexibility index (Phi) is 9.24. The fourth-order valence-electron chi connectivity index (χ4n) is 6.03. The zero-order chi connectivity index (χ0) is 30.0. The van der Waals surface area contributed by atoms with Gasteiger partial charge < -0.3 is 29.9 Å². The maximum atomic E-state index is 13.8. The highest BCUT2D eigenvalue weighted by atomic mass is 31.2. The zero-order valence-electron chi connectivity index (χ0n) is 24.6. The summed E-state index contributed by atoms with van der Waals surface area (Å²) in [6.45, 7) is 9.72. The van der Waals surface area contributed by atoms with Gasteiger partial charge in [0.15, 0.2) is 0 Å². The van der Waals surface area contributed by atoms with Crippen molar-refractivity contribution in [2.75, 3.05) is 13.7 Å². The number of hydrogen-bond acceptors (Lipinski definition) is 6. The van der Waals surface area contributed by atoms with E-state index in [1.807, 2.05) is 20.8 Å². The average molecular weight is 590 g/mol. The SMILES string of the molecule is C=C[C@@H]1C[C@]1(NC(=O)[C@@H]1CCCN1C(=O)[C@@H](NC(=O)OC1CCCC1)C(C)(C)C)P(=O)(O)Cc1ccc(OC)cc1. The van der Waals surface area contributed by atoms with Gasteiger partial charge in [-0.05, 0) is 68.1 Å². The molecule has 3 fully saturated rings. The van der Waals surface area contributed by atoms with Gasteiger partial charge in [0.05, 0.1) is 13.3 Å². The van der Waals surface area contributed by atoms with Gasteiger partial charge in [0.2, 0.25) is 19.2 Å². The predicted octanol–water partition coefficient (Wildman–Crippen LogP) is 4.56. The van der Waals surface area contributed by atoms with Crippen molar-refractivity contribution >= 4 is 25.3 Å². The topological polar surface area (TPSA) is 134 Å². The van der Waals surface area contributed by atoms with Crippen molar-refractivity contribution in [3.8, 4) is 5.75 Å². The summed E-state index contributed by atoms with van der Waals surface area (Å²) in [6, 6.07) is 5.20. The highest BCUT2D eigenvalue weighted by Crippen LogP contribution is 2.70. The summed E-state index contributed by atoms with van der Waals surface area (Å²) in [5, 5.41) is 4.32. The van der Waals surface area contributed by atoms with Crippen LogP contribution in [0.1, 0.15) is 71.3 Å². The molecule has 1 saturated heterocycles. The van der Waals surface area contributed by atoms with E-state index in [0.717, 1.165) is 25.7 Å². The lowest BCUT2D eigenvalue weighted by molar-refractivity contribution is -0.142. The smallest absolute Gasteiger partial charge is 0.408 e. The minimum Gasteiger partial charge on any atom is -0.497 e.